The van der Waals surface area contributed by atoms with Crippen LogP contribution < -0.4 is 0 Å². The molecule has 1 N–H and O–H groups in total. The fourth-order valence-electron chi connectivity index (χ4n) is 3.34. The van der Waals surface area contributed by atoms with Crippen molar-refractivity contribution in [3.05, 3.63) is 0 Å². The van der Waals surface area contributed by atoms with E-state index in [0.29, 0.717) is 24.9 Å². The van der Waals surface area contributed by atoms with Crippen molar-refractivity contribution in [2.75, 3.05) is 45.6 Å². The van der Waals surface area contributed by atoms with Gasteiger partial charge in [0.25, 0.3) is 0 Å². The van der Waals surface area contributed by atoms with E-state index in [4.69, 9.17) is 5.11 Å². The highest BCUT2D eigenvalue weighted by Crippen LogP contribution is 2.24. The Morgan fingerprint density at radius 1 is 1.16 bits per heavy atom. The molecule has 0 spiro atoms. The van der Waals surface area contributed by atoms with Crippen molar-refractivity contribution in [2.24, 2.45) is 11.8 Å². The molecular formula is C13H26N2O3S. The van der Waals surface area contributed by atoms with Gasteiger partial charge in [0.15, 0.2) is 0 Å². The van der Waals surface area contributed by atoms with E-state index in [1.54, 1.807) is 4.31 Å². The molecule has 2 fully saturated rings. The lowest BCUT2D eigenvalue weighted by Gasteiger charge is -2.33. The average Bonchev–Trinajstić information content (AvgIpc) is 2.76. The predicted octanol–water partition coefficient (Wildman–Crippen LogP) is 0.362. The first kappa shape index (κ1) is 15.2. The van der Waals surface area contributed by atoms with E-state index in [2.05, 4.69) is 4.90 Å². The van der Waals surface area contributed by atoms with Gasteiger partial charge in [-0.25, -0.2) is 12.7 Å². The Labute approximate surface area is 116 Å². The molecule has 0 aromatic rings. The third-order valence-corrected chi connectivity index (χ3v) is 5.64. The quantitative estimate of drug-likeness (QED) is 0.794. The number of piperidine rings is 1. The minimum Gasteiger partial charge on any atom is -0.396 e. The molecule has 112 valence electrons. The lowest BCUT2D eigenvalue weighted by Crippen LogP contribution is -2.43. The monoisotopic (exact) mass is 290 g/mol. The van der Waals surface area contributed by atoms with E-state index in [-0.39, 0.29) is 6.61 Å². The van der Waals surface area contributed by atoms with Crippen LogP contribution in [-0.2, 0) is 10.0 Å². The number of aliphatic hydroxyl groups excluding tert-OH is 1. The van der Waals surface area contributed by atoms with Crippen molar-refractivity contribution in [3.63, 3.8) is 0 Å². The van der Waals surface area contributed by atoms with Crippen LogP contribution in [0.5, 0.6) is 0 Å². The molecule has 2 rings (SSSR count). The summed E-state index contributed by atoms with van der Waals surface area (Å²) in [4.78, 5) is 2.44. The van der Waals surface area contributed by atoms with Crippen LogP contribution in [0.25, 0.3) is 0 Å². The van der Waals surface area contributed by atoms with Crippen LogP contribution >= 0.6 is 0 Å². The minimum absolute atomic E-state index is 0.282. The summed E-state index contributed by atoms with van der Waals surface area (Å²) < 4.78 is 24.8. The fourth-order valence-corrected chi connectivity index (χ4v) is 4.28. The highest BCUT2D eigenvalue weighted by molar-refractivity contribution is 7.88. The molecule has 0 aromatic carbocycles. The summed E-state index contributed by atoms with van der Waals surface area (Å²) in [6.45, 7) is 4.82. The standard InChI is InChI=1S/C13H26N2O3S/c1-19(17,18)15-6-2-3-13(11-15)10-14-7-4-12(9-14)5-8-16/h12-13,16H,2-11H2,1H3. The minimum atomic E-state index is -3.03. The molecule has 2 aliphatic heterocycles. The van der Waals surface area contributed by atoms with Crippen molar-refractivity contribution >= 4 is 10.0 Å². The number of nitrogens with zero attached hydrogens (tertiary/aromatic N) is 2. The molecule has 0 bridgehead atoms. The highest BCUT2D eigenvalue weighted by Gasteiger charge is 2.29. The van der Waals surface area contributed by atoms with E-state index in [1.807, 2.05) is 0 Å². The number of rotatable bonds is 5. The summed E-state index contributed by atoms with van der Waals surface area (Å²) in [5, 5.41) is 8.97. The first-order valence-corrected chi connectivity index (χ1v) is 9.12. The second-order valence-corrected chi connectivity index (χ2v) is 8.04. The first-order valence-electron chi connectivity index (χ1n) is 7.27. The van der Waals surface area contributed by atoms with Gasteiger partial charge in [-0.05, 0) is 44.1 Å². The Hall–Kier alpha value is -0.170. The van der Waals surface area contributed by atoms with Crippen LogP contribution in [0, 0.1) is 11.8 Å². The highest BCUT2D eigenvalue weighted by atomic mass is 32.2. The van der Waals surface area contributed by atoms with Gasteiger partial charge in [-0.2, -0.15) is 0 Å². The molecule has 0 amide bonds. The van der Waals surface area contributed by atoms with E-state index in [9.17, 15) is 8.42 Å². The van der Waals surface area contributed by atoms with Crippen LogP contribution in [0.2, 0.25) is 0 Å². The Bertz CT molecular complexity index is 385. The van der Waals surface area contributed by atoms with Crippen LogP contribution in [0.15, 0.2) is 0 Å². The second kappa shape index (κ2) is 6.52. The van der Waals surface area contributed by atoms with Crippen LogP contribution in [0.3, 0.4) is 0 Å². The molecule has 6 heteroatoms. The maximum atomic E-state index is 11.6. The molecule has 0 saturated carbocycles. The van der Waals surface area contributed by atoms with Gasteiger partial charge >= 0.3 is 0 Å². The first-order chi connectivity index (χ1) is 8.99. The number of hydrogen-bond acceptors (Lipinski definition) is 4. The van der Waals surface area contributed by atoms with Crippen LogP contribution in [-0.4, -0.2) is 68.3 Å². The summed E-state index contributed by atoms with van der Waals surface area (Å²) in [5.74, 6) is 1.09. The van der Waals surface area contributed by atoms with Crippen LogP contribution in [0.1, 0.15) is 25.7 Å². The summed E-state index contributed by atoms with van der Waals surface area (Å²) >= 11 is 0. The lowest BCUT2D eigenvalue weighted by atomic mass is 9.99. The van der Waals surface area contributed by atoms with Gasteiger partial charge in [-0.3, -0.25) is 0 Å². The zero-order chi connectivity index (χ0) is 13.9. The average molecular weight is 290 g/mol. The van der Waals surface area contributed by atoms with Crippen molar-refractivity contribution in [3.8, 4) is 0 Å². The number of aliphatic hydroxyl groups is 1. The van der Waals surface area contributed by atoms with Crippen LogP contribution in [0.4, 0.5) is 0 Å². The van der Waals surface area contributed by atoms with Gasteiger partial charge in [-0.15, -0.1) is 0 Å². The van der Waals surface area contributed by atoms with Gasteiger partial charge in [0, 0.05) is 32.8 Å². The predicted molar refractivity (Wildman–Crippen MR) is 75.4 cm³/mol. The molecule has 2 atom stereocenters. The van der Waals surface area contributed by atoms with E-state index in [0.717, 1.165) is 38.9 Å². The SMILES string of the molecule is CS(=O)(=O)N1CCCC(CN2CCC(CCO)C2)C1. The molecule has 19 heavy (non-hydrogen) atoms. The zero-order valence-electron chi connectivity index (χ0n) is 11.8. The van der Waals surface area contributed by atoms with Crippen molar-refractivity contribution in [2.45, 2.75) is 25.7 Å². The largest absolute Gasteiger partial charge is 0.396 e. The molecule has 2 saturated heterocycles. The summed E-state index contributed by atoms with van der Waals surface area (Å²) in [5.41, 5.74) is 0. The van der Waals surface area contributed by atoms with E-state index >= 15 is 0 Å². The Kier molecular flexibility index (Phi) is 5.22. The topological polar surface area (TPSA) is 60.9 Å². The molecule has 0 aromatic heterocycles. The maximum Gasteiger partial charge on any atom is 0.211 e. The second-order valence-electron chi connectivity index (χ2n) is 6.06. The molecule has 2 aliphatic rings. The van der Waals surface area contributed by atoms with Gasteiger partial charge in [0.1, 0.15) is 0 Å². The molecule has 2 unspecified atom stereocenters. The molecular weight excluding hydrogens is 264 g/mol. The van der Waals surface area contributed by atoms with E-state index < -0.39 is 10.0 Å². The number of hydrogen-bond donors (Lipinski definition) is 1. The van der Waals surface area contributed by atoms with Crippen molar-refractivity contribution in [1.29, 1.82) is 0 Å². The van der Waals surface area contributed by atoms with E-state index in [1.165, 1.54) is 12.7 Å². The number of sulfonamides is 1. The summed E-state index contributed by atoms with van der Waals surface area (Å²) in [6.07, 6.45) is 5.49. The molecule has 2 heterocycles. The van der Waals surface area contributed by atoms with Crippen molar-refractivity contribution in [1.82, 2.24) is 9.21 Å². The Morgan fingerprint density at radius 3 is 2.63 bits per heavy atom. The van der Waals surface area contributed by atoms with Gasteiger partial charge in [0.2, 0.25) is 10.0 Å². The Balaban J connectivity index is 1.80. The molecule has 0 radical (unpaired) electrons. The molecule has 5 nitrogen and oxygen atoms in total. The zero-order valence-corrected chi connectivity index (χ0v) is 12.6. The van der Waals surface area contributed by atoms with Gasteiger partial charge in [-0.1, -0.05) is 0 Å². The third-order valence-electron chi connectivity index (χ3n) is 4.37. The summed E-state index contributed by atoms with van der Waals surface area (Å²) in [6, 6.07) is 0. The maximum absolute atomic E-state index is 11.6. The third kappa shape index (κ3) is 4.41. The normalized spacial score (nSPS) is 30.8. The fraction of sp³-hybridized carbons (Fsp3) is 1.00. The lowest BCUT2D eigenvalue weighted by molar-refractivity contribution is 0.192. The number of likely N-dealkylation sites (tertiary alicyclic amines) is 1. The molecule has 0 aliphatic carbocycles. The Morgan fingerprint density at radius 2 is 1.95 bits per heavy atom. The van der Waals surface area contributed by atoms with Gasteiger partial charge < -0.3 is 10.0 Å². The summed E-state index contributed by atoms with van der Waals surface area (Å²) in [7, 11) is -3.03. The smallest absolute Gasteiger partial charge is 0.211 e. The van der Waals surface area contributed by atoms with Crippen molar-refractivity contribution < 1.29 is 13.5 Å². The van der Waals surface area contributed by atoms with Gasteiger partial charge in [0.05, 0.1) is 6.26 Å².